The van der Waals surface area contributed by atoms with Crippen molar-refractivity contribution in [3.05, 3.63) is 167 Å². The summed E-state index contributed by atoms with van der Waals surface area (Å²) in [5, 5.41) is 9.03. The number of benzene rings is 6. The van der Waals surface area contributed by atoms with Gasteiger partial charge in [0.2, 0.25) is 0 Å². The second-order valence-electron chi connectivity index (χ2n) is 16.7. The van der Waals surface area contributed by atoms with Crippen molar-refractivity contribution in [1.82, 2.24) is 9.55 Å². The Kier molecular flexibility index (Phi) is 8.50. The number of aryl methyl sites for hydroxylation is 2. The molecule has 292 valence electrons. The van der Waals surface area contributed by atoms with Crippen molar-refractivity contribution in [2.45, 2.75) is 79.4 Å². The van der Waals surface area contributed by atoms with E-state index in [0.717, 1.165) is 38.8 Å². The van der Waals surface area contributed by atoms with Crippen LogP contribution in [-0.2, 0) is 5.41 Å². The highest BCUT2D eigenvalue weighted by Gasteiger charge is 2.20. The average molecular weight is 769 g/mol. The van der Waals surface area contributed by atoms with Gasteiger partial charge in [-0.2, -0.15) is 0 Å². The van der Waals surface area contributed by atoms with E-state index in [1.165, 1.54) is 34.9 Å². The summed E-state index contributed by atoms with van der Waals surface area (Å²) in [6.07, 6.45) is 1.88. The fourth-order valence-corrected chi connectivity index (χ4v) is 7.84. The summed E-state index contributed by atoms with van der Waals surface area (Å²) < 4.78 is 58.7. The fraction of sp³-hybridized carbons (Fsp3) is 0.226. The Morgan fingerprint density at radius 1 is 0.621 bits per heavy atom. The second-order valence-corrected chi connectivity index (χ2v) is 16.7. The zero-order valence-corrected chi connectivity index (χ0v) is 34.2. The molecule has 0 unspecified atom stereocenters. The number of pyridine rings is 1. The van der Waals surface area contributed by atoms with E-state index in [0.29, 0.717) is 28.6 Å². The molecule has 0 spiro atoms. The molecular weight excluding hydrogens is 709 g/mol. The molecule has 0 aliphatic carbocycles. The number of nitrogens with zero attached hydrogens (tertiary/aromatic N) is 2. The number of hydrogen-bond acceptors (Lipinski definition) is 4. The van der Waals surface area contributed by atoms with Crippen LogP contribution in [0.2, 0.25) is 0 Å². The molecule has 6 aromatic carbocycles. The predicted molar refractivity (Wildman–Crippen MR) is 246 cm³/mol. The number of nitrogens with one attached hydrogen (secondary N) is 2. The van der Waals surface area contributed by atoms with Gasteiger partial charge in [0, 0.05) is 48.7 Å². The van der Waals surface area contributed by atoms with Crippen LogP contribution in [-0.4, -0.2) is 9.55 Å². The van der Waals surface area contributed by atoms with Crippen molar-refractivity contribution in [2.75, 3.05) is 10.6 Å². The van der Waals surface area contributed by atoms with Crippen LogP contribution < -0.4 is 15.4 Å². The molecule has 0 atom stereocenters. The molecule has 0 saturated carbocycles. The van der Waals surface area contributed by atoms with Crippen LogP contribution in [0, 0.1) is 13.7 Å². The van der Waals surface area contributed by atoms with Gasteiger partial charge in [-0.15, -0.1) is 0 Å². The van der Waals surface area contributed by atoms with E-state index in [2.05, 4.69) is 143 Å². The summed E-state index contributed by atoms with van der Waals surface area (Å²) in [6.45, 7) is 10.3. The minimum absolute atomic E-state index is 0.0371. The van der Waals surface area contributed by atoms with Crippen molar-refractivity contribution in [2.24, 2.45) is 0 Å². The van der Waals surface area contributed by atoms with Gasteiger partial charge in [0.05, 0.1) is 22.4 Å². The smallest absolute Gasteiger partial charge is 0.137 e. The molecule has 0 aliphatic rings. The lowest BCUT2D eigenvalue weighted by molar-refractivity contribution is 0.484. The molecule has 0 fully saturated rings. The Bertz CT molecular complexity index is 2950. The van der Waals surface area contributed by atoms with E-state index in [1.54, 1.807) is 6.07 Å². The maximum Gasteiger partial charge on any atom is 0.137 e. The Morgan fingerprint density at radius 3 is 1.97 bits per heavy atom. The zero-order valence-electron chi connectivity index (χ0n) is 40.2. The van der Waals surface area contributed by atoms with Gasteiger partial charge < -0.3 is 15.4 Å². The van der Waals surface area contributed by atoms with Gasteiger partial charge in [0.15, 0.2) is 0 Å². The van der Waals surface area contributed by atoms with E-state index in [-0.39, 0.29) is 34.1 Å². The van der Waals surface area contributed by atoms with Gasteiger partial charge in [-0.1, -0.05) is 115 Å². The SMILES string of the molecule is [2H]C([2H])([2H])c1cccc(C([2H])([2H])[2H])c1Nc1ccccc1Nc1cc(Oc2ccc3c4ccccc4n(-c4cc(C(C)(C)C)ccn4)c3c2)cc(-c2c(C(C)C)cccc2C(C)C)c1. The molecule has 2 heterocycles. The minimum Gasteiger partial charge on any atom is -0.457 e. The molecule has 0 aliphatic heterocycles. The van der Waals surface area contributed by atoms with Crippen molar-refractivity contribution in [1.29, 1.82) is 0 Å². The maximum absolute atomic E-state index is 8.26. The third-order valence-corrected chi connectivity index (χ3v) is 10.8. The van der Waals surface area contributed by atoms with Gasteiger partial charge in [-0.05, 0) is 124 Å². The fourth-order valence-electron chi connectivity index (χ4n) is 7.84. The van der Waals surface area contributed by atoms with Crippen molar-refractivity contribution >= 4 is 44.6 Å². The van der Waals surface area contributed by atoms with E-state index in [4.69, 9.17) is 17.9 Å². The Balaban J connectivity index is 1.27. The van der Waals surface area contributed by atoms with Gasteiger partial charge in [-0.3, -0.25) is 4.57 Å². The van der Waals surface area contributed by atoms with Crippen molar-refractivity contribution in [3.63, 3.8) is 0 Å². The standard InChI is InChI=1S/C53H54N4O/c1-33(2)42-19-15-20-43(34(3)4)51(42)37-28-39(55-46-21-11-12-22-47(46)56-52-35(5)16-14-17-36(52)6)31-41(29-37)58-40-24-25-45-44-18-10-13-23-48(44)57(49(45)32-40)50-30-38(26-27-54-50)53(7,8)9/h10-34,55-56H,1-9H3/i5D3,6D3. The Morgan fingerprint density at radius 2 is 1.28 bits per heavy atom. The third-order valence-electron chi connectivity index (χ3n) is 10.8. The third kappa shape index (κ3) is 7.57. The number of anilines is 4. The molecule has 5 nitrogen and oxygen atoms in total. The molecule has 8 aromatic rings. The van der Waals surface area contributed by atoms with E-state index >= 15 is 0 Å². The molecule has 58 heavy (non-hydrogen) atoms. The van der Waals surface area contributed by atoms with Gasteiger partial charge >= 0.3 is 0 Å². The summed E-state index contributed by atoms with van der Waals surface area (Å²) in [5.41, 5.74) is 9.39. The highest BCUT2D eigenvalue weighted by atomic mass is 16.5. The predicted octanol–water partition coefficient (Wildman–Crippen LogP) is 15.3. The topological polar surface area (TPSA) is 51.1 Å². The van der Waals surface area contributed by atoms with Gasteiger partial charge in [0.25, 0.3) is 0 Å². The van der Waals surface area contributed by atoms with E-state index in [1.807, 2.05) is 36.5 Å². The minimum atomic E-state index is -2.56. The van der Waals surface area contributed by atoms with Crippen LogP contribution in [0.15, 0.2) is 140 Å². The number of ether oxygens (including phenoxy) is 1. The van der Waals surface area contributed by atoms with Crippen LogP contribution in [0.25, 0.3) is 38.8 Å². The highest BCUT2D eigenvalue weighted by Crippen LogP contribution is 2.42. The lowest BCUT2D eigenvalue weighted by Gasteiger charge is -2.22. The second kappa shape index (κ2) is 15.5. The lowest BCUT2D eigenvalue weighted by Crippen LogP contribution is -2.12. The molecular formula is C53H54N4O. The molecule has 0 saturated heterocycles. The monoisotopic (exact) mass is 768 g/mol. The van der Waals surface area contributed by atoms with Crippen LogP contribution in [0.3, 0.4) is 0 Å². The number of fused-ring (bicyclic) bond motifs is 3. The molecule has 0 bridgehead atoms. The van der Waals surface area contributed by atoms with Crippen LogP contribution in [0.5, 0.6) is 11.5 Å². The first-order valence-electron chi connectivity index (χ1n) is 23.0. The summed E-state index contributed by atoms with van der Waals surface area (Å²) in [5.74, 6) is 2.55. The lowest BCUT2D eigenvalue weighted by atomic mass is 9.85. The zero-order chi connectivity index (χ0) is 45.7. The number of aromatic nitrogens is 2. The maximum atomic E-state index is 8.26. The summed E-state index contributed by atoms with van der Waals surface area (Å²) >= 11 is 0. The molecule has 8 rings (SSSR count). The quantitative estimate of drug-likeness (QED) is 0.145. The highest BCUT2D eigenvalue weighted by molar-refractivity contribution is 6.09. The Labute approximate surface area is 352 Å². The van der Waals surface area contributed by atoms with E-state index in [9.17, 15) is 0 Å². The first kappa shape index (κ1) is 31.7. The van der Waals surface area contributed by atoms with Gasteiger partial charge in [-0.25, -0.2) is 4.98 Å². The van der Waals surface area contributed by atoms with Crippen LogP contribution in [0.1, 0.15) is 96.3 Å². The molecule has 2 aromatic heterocycles. The van der Waals surface area contributed by atoms with Crippen molar-refractivity contribution in [3.8, 4) is 28.4 Å². The largest absolute Gasteiger partial charge is 0.457 e. The van der Waals surface area contributed by atoms with Crippen LogP contribution in [0.4, 0.5) is 22.7 Å². The van der Waals surface area contributed by atoms with Gasteiger partial charge in [0.1, 0.15) is 17.3 Å². The average Bonchev–Trinajstić information content (AvgIpc) is 3.56. The summed E-state index contributed by atoms with van der Waals surface area (Å²) in [6, 6.07) is 43.2. The van der Waals surface area contributed by atoms with Crippen LogP contribution >= 0.6 is 0 Å². The first-order chi connectivity index (χ1) is 30.3. The summed E-state index contributed by atoms with van der Waals surface area (Å²) in [4.78, 5) is 4.87. The molecule has 2 N–H and O–H groups in total. The molecule has 5 heteroatoms. The molecule has 0 radical (unpaired) electrons. The number of hydrogen-bond donors (Lipinski definition) is 2. The summed E-state index contributed by atoms with van der Waals surface area (Å²) in [7, 11) is 0. The van der Waals surface area contributed by atoms with E-state index < -0.39 is 13.7 Å². The number of para-hydroxylation sites is 4. The van der Waals surface area contributed by atoms with Crippen molar-refractivity contribution < 1.29 is 13.0 Å². The first-order valence-corrected chi connectivity index (χ1v) is 20.0. The Hall–Kier alpha value is -6.33. The molecule has 0 amide bonds. The normalized spacial score (nSPS) is 13.8. The number of rotatable bonds is 10.